The second kappa shape index (κ2) is 8.16. The Morgan fingerprint density at radius 1 is 1.30 bits per heavy atom. The van der Waals surface area contributed by atoms with Crippen molar-refractivity contribution in [3.8, 4) is 0 Å². The van der Waals surface area contributed by atoms with Crippen LogP contribution in [0.5, 0.6) is 0 Å². The van der Waals surface area contributed by atoms with E-state index in [2.05, 4.69) is 5.32 Å². The molecule has 1 aromatic rings. The molecule has 0 fully saturated rings. The number of aliphatic carboxylic acids is 1. The minimum Gasteiger partial charge on any atom is -0.480 e. The van der Waals surface area contributed by atoms with E-state index in [4.69, 9.17) is 14.6 Å². The molecule has 2 atom stereocenters. The first-order chi connectivity index (χ1) is 9.54. The van der Waals surface area contributed by atoms with Crippen molar-refractivity contribution in [2.45, 2.75) is 32.6 Å². The molecule has 0 bridgehead atoms. The Hall–Kier alpha value is -2.08. The van der Waals surface area contributed by atoms with Crippen LogP contribution >= 0.6 is 0 Å². The highest BCUT2D eigenvalue weighted by atomic mass is 16.5. The van der Waals surface area contributed by atoms with Crippen molar-refractivity contribution in [1.29, 1.82) is 0 Å². The average molecular weight is 281 g/mol. The molecule has 1 amide bonds. The van der Waals surface area contributed by atoms with Crippen molar-refractivity contribution < 1.29 is 24.2 Å². The van der Waals surface area contributed by atoms with Crippen LogP contribution in [-0.4, -0.2) is 35.9 Å². The smallest absolute Gasteiger partial charge is 0.408 e. The molecule has 0 saturated carbocycles. The molecule has 2 N–H and O–H groups in total. The third kappa shape index (κ3) is 5.27. The van der Waals surface area contributed by atoms with Crippen LogP contribution in [0.3, 0.4) is 0 Å². The highest BCUT2D eigenvalue weighted by Crippen LogP contribution is 2.03. The van der Waals surface area contributed by atoms with Gasteiger partial charge in [-0.15, -0.1) is 0 Å². The SMILES string of the molecule is CCO[C@@H](C)[C@@H](NC(=O)OCc1ccccc1)C(=O)O. The molecule has 20 heavy (non-hydrogen) atoms. The first-order valence-electron chi connectivity index (χ1n) is 6.36. The lowest BCUT2D eigenvalue weighted by Gasteiger charge is -2.20. The van der Waals surface area contributed by atoms with Crippen LogP contribution in [0, 0.1) is 0 Å². The number of rotatable bonds is 7. The van der Waals surface area contributed by atoms with E-state index in [0.29, 0.717) is 6.61 Å². The Kier molecular flexibility index (Phi) is 6.52. The first-order valence-corrected chi connectivity index (χ1v) is 6.36. The van der Waals surface area contributed by atoms with Gasteiger partial charge >= 0.3 is 12.1 Å². The van der Waals surface area contributed by atoms with Gasteiger partial charge in [0.2, 0.25) is 0 Å². The van der Waals surface area contributed by atoms with Crippen molar-refractivity contribution in [1.82, 2.24) is 5.32 Å². The Balaban J connectivity index is 2.48. The number of carboxylic acid groups (broad SMARTS) is 1. The lowest BCUT2D eigenvalue weighted by molar-refractivity contribution is -0.143. The van der Waals surface area contributed by atoms with Gasteiger partial charge in [0.15, 0.2) is 6.04 Å². The summed E-state index contributed by atoms with van der Waals surface area (Å²) >= 11 is 0. The van der Waals surface area contributed by atoms with Crippen molar-refractivity contribution in [2.24, 2.45) is 0 Å². The van der Waals surface area contributed by atoms with Gasteiger partial charge in [0.1, 0.15) is 6.61 Å². The Labute approximate surface area is 117 Å². The molecule has 0 aliphatic heterocycles. The van der Waals surface area contributed by atoms with Crippen molar-refractivity contribution in [2.75, 3.05) is 6.61 Å². The van der Waals surface area contributed by atoms with Crippen LogP contribution in [0.25, 0.3) is 0 Å². The molecular formula is C14H19NO5. The number of amides is 1. The summed E-state index contributed by atoms with van der Waals surface area (Å²) in [6, 6.07) is 7.99. The Morgan fingerprint density at radius 3 is 2.50 bits per heavy atom. The molecule has 0 heterocycles. The van der Waals surface area contributed by atoms with Gasteiger partial charge in [0.05, 0.1) is 6.10 Å². The van der Waals surface area contributed by atoms with Gasteiger partial charge in [-0.25, -0.2) is 9.59 Å². The molecule has 6 nitrogen and oxygen atoms in total. The van der Waals surface area contributed by atoms with E-state index < -0.39 is 24.2 Å². The third-order valence-electron chi connectivity index (χ3n) is 2.65. The molecule has 1 rings (SSSR count). The Morgan fingerprint density at radius 2 is 1.95 bits per heavy atom. The summed E-state index contributed by atoms with van der Waals surface area (Å²) < 4.78 is 10.1. The maximum atomic E-state index is 11.6. The number of hydrogen-bond acceptors (Lipinski definition) is 4. The second-order valence-corrected chi connectivity index (χ2v) is 4.18. The Bertz CT molecular complexity index is 434. The maximum absolute atomic E-state index is 11.6. The minimum absolute atomic E-state index is 0.0853. The standard InChI is InChI=1S/C14H19NO5/c1-3-19-10(2)12(13(16)17)15-14(18)20-9-11-7-5-4-6-8-11/h4-8,10,12H,3,9H2,1-2H3,(H,15,18)(H,16,17)/t10-,12+/m0/s1. The van der Waals surface area contributed by atoms with Crippen molar-refractivity contribution in [3.05, 3.63) is 35.9 Å². The fourth-order valence-corrected chi connectivity index (χ4v) is 1.63. The molecule has 0 aliphatic carbocycles. The zero-order valence-corrected chi connectivity index (χ0v) is 11.5. The van der Waals surface area contributed by atoms with E-state index in [1.807, 2.05) is 30.3 Å². The molecule has 0 saturated heterocycles. The maximum Gasteiger partial charge on any atom is 0.408 e. The van der Waals surface area contributed by atoms with Gasteiger partial charge in [-0.3, -0.25) is 0 Å². The first kappa shape index (κ1) is 16.0. The fraction of sp³-hybridized carbons (Fsp3) is 0.429. The molecule has 0 radical (unpaired) electrons. The van der Waals surface area contributed by atoms with Crippen molar-refractivity contribution in [3.63, 3.8) is 0 Å². The molecule has 0 unspecified atom stereocenters. The molecule has 0 aromatic heterocycles. The fourth-order valence-electron chi connectivity index (χ4n) is 1.63. The van der Waals surface area contributed by atoms with Crippen molar-refractivity contribution >= 4 is 12.1 Å². The van der Waals surface area contributed by atoms with Gasteiger partial charge in [0.25, 0.3) is 0 Å². The molecule has 0 aliphatic rings. The number of hydrogen-bond donors (Lipinski definition) is 2. The average Bonchev–Trinajstić information content (AvgIpc) is 2.43. The minimum atomic E-state index is -1.16. The largest absolute Gasteiger partial charge is 0.480 e. The number of carbonyl (C=O) groups is 2. The number of carboxylic acids is 1. The summed E-state index contributed by atoms with van der Waals surface area (Å²) in [5, 5.41) is 11.3. The van der Waals surface area contributed by atoms with E-state index in [1.165, 1.54) is 0 Å². The van der Waals surface area contributed by atoms with E-state index in [-0.39, 0.29) is 6.61 Å². The molecule has 0 spiro atoms. The van der Waals surface area contributed by atoms with Crippen LogP contribution in [0.4, 0.5) is 4.79 Å². The van der Waals surface area contributed by atoms with E-state index in [9.17, 15) is 9.59 Å². The summed E-state index contributed by atoms with van der Waals surface area (Å²) in [5.74, 6) is -1.16. The number of benzene rings is 1. The lowest BCUT2D eigenvalue weighted by atomic mass is 10.2. The zero-order chi connectivity index (χ0) is 15.0. The zero-order valence-electron chi connectivity index (χ0n) is 11.5. The van der Waals surface area contributed by atoms with E-state index >= 15 is 0 Å². The summed E-state index contributed by atoms with van der Waals surface area (Å²) in [6.07, 6.45) is -1.42. The van der Waals surface area contributed by atoms with Crippen LogP contribution in [0.15, 0.2) is 30.3 Å². The highest BCUT2D eigenvalue weighted by molar-refractivity contribution is 5.80. The van der Waals surface area contributed by atoms with E-state index in [1.54, 1.807) is 13.8 Å². The monoisotopic (exact) mass is 281 g/mol. The quantitative estimate of drug-likeness (QED) is 0.796. The normalized spacial score (nSPS) is 13.3. The molecule has 110 valence electrons. The predicted molar refractivity (Wildman–Crippen MR) is 72.3 cm³/mol. The van der Waals surface area contributed by atoms with Gasteiger partial charge in [-0.1, -0.05) is 30.3 Å². The van der Waals surface area contributed by atoms with Crippen LogP contribution in [0.2, 0.25) is 0 Å². The number of ether oxygens (including phenoxy) is 2. The third-order valence-corrected chi connectivity index (χ3v) is 2.65. The topological polar surface area (TPSA) is 84.9 Å². The summed E-state index contributed by atoms with van der Waals surface area (Å²) in [7, 11) is 0. The van der Waals surface area contributed by atoms with Gasteiger partial charge in [-0.05, 0) is 19.4 Å². The molecule has 6 heteroatoms. The molecular weight excluding hydrogens is 262 g/mol. The van der Waals surface area contributed by atoms with E-state index in [0.717, 1.165) is 5.56 Å². The summed E-state index contributed by atoms with van der Waals surface area (Å²) in [4.78, 5) is 22.7. The van der Waals surface area contributed by atoms with Crippen LogP contribution in [-0.2, 0) is 20.9 Å². The second-order valence-electron chi connectivity index (χ2n) is 4.18. The number of alkyl carbamates (subject to hydrolysis) is 1. The summed E-state index contributed by atoms with van der Waals surface area (Å²) in [5.41, 5.74) is 0.826. The predicted octanol–water partition coefficient (Wildman–Crippen LogP) is 1.79. The van der Waals surface area contributed by atoms with Crippen LogP contribution < -0.4 is 5.32 Å². The summed E-state index contributed by atoms with van der Waals surface area (Å²) in [6.45, 7) is 3.79. The number of carbonyl (C=O) groups excluding carboxylic acids is 1. The molecule has 1 aromatic carbocycles. The highest BCUT2D eigenvalue weighted by Gasteiger charge is 2.27. The van der Waals surface area contributed by atoms with Gasteiger partial charge < -0.3 is 19.9 Å². The van der Waals surface area contributed by atoms with Crippen LogP contribution in [0.1, 0.15) is 19.4 Å². The lowest BCUT2D eigenvalue weighted by Crippen LogP contribution is -2.48. The van der Waals surface area contributed by atoms with Gasteiger partial charge in [0, 0.05) is 6.61 Å². The number of nitrogens with one attached hydrogen (secondary N) is 1. The van der Waals surface area contributed by atoms with Gasteiger partial charge in [-0.2, -0.15) is 0 Å².